The van der Waals surface area contributed by atoms with Crippen LogP contribution in [0.3, 0.4) is 0 Å². The molecule has 1 saturated carbocycles. The van der Waals surface area contributed by atoms with Crippen LogP contribution < -0.4 is 5.73 Å². The lowest BCUT2D eigenvalue weighted by atomic mass is 9.72. The van der Waals surface area contributed by atoms with Gasteiger partial charge in [0.05, 0.1) is 12.7 Å². The van der Waals surface area contributed by atoms with Crippen molar-refractivity contribution in [3.8, 4) is 0 Å². The number of hydrogen-bond donors (Lipinski definition) is 1. The van der Waals surface area contributed by atoms with E-state index in [0.29, 0.717) is 29.6 Å². The first kappa shape index (κ1) is 14.3. The molecule has 2 aliphatic rings. The maximum Gasteiger partial charge on any atom is 0.0674 e. The predicted octanol–water partition coefficient (Wildman–Crippen LogP) is 2.39. The molecule has 3 nitrogen and oxygen atoms in total. The lowest BCUT2D eigenvalue weighted by Crippen LogP contribution is -2.60. The topological polar surface area (TPSA) is 38.5 Å². The number of ether oxygens (including phenoxy) is 1. The van der Waals surface area contributed by atoms with Gasteiger partial charge in [0.15, 0.2) is 0 Å². The molecule has 2 fully saturated rings. The number of hydrogen-bond acceptors (Lipinski definition) is 3. The highest BCUT2D eigenvalue weighted by atomic mass is 16.5. The van der Waals surface area contributed by atoms with Crippen LogP contribution in [0.2, 0.25) is 0 Å². The zero-order valence-electron chi connectivity index (χ0n) is 12.5. The first-order valence-electron chi connectivity index (χ1n) is 7.56. The molecule has 0 bridgehead atoms. The number of nitrogens with zero attached hydrogens (tertiary/aromatic N) is 1. The van der Waals surface area contributed by atoms with Gasteiger partial charge >= 0.3 is 0 Å². The van der Waals surface area contributed by atoms with Crippen molar-refractivity contribution in [1.29, 1.82) is 0 Å². The highest BCUT2D eigenvalue weighted by molar-refractivity contribution is 4.96. The summed E-state index contributed by atoms with van der Waals surface area (Å²) in [5.41, 5.74) is 6.86. The van der Waals surface area contributed by atoms with Gasteiger partial charge in [-0.05, 0) is 38.0 Å². The van der Waals surface area contributed by atoms with Crippen LogP contribution in [0, 0.1) is 5.41 Å². The molecule has 1 heterocycles. The summed E-state index contributed by atoms with van der Waals surface area (Å²) >= 11 is 0. The summed E-state index contributed by atoms with van der Waals surface area (Å²) in [6.07, 6.45) is 5.18. The van der Waals surface area contributed by atoms with Crippen LogP contribution in [0.4, 0.5) is 0 Å². The molecule has 0 radical (unpaired) electrons. The Balaban J connectivity index is 2.10. The Morgan fingerprint density at radius 3 is 2.78 bits per heavy atom. The van der Waals surface area contributed by atoms with Crippen molar-refractivity contribution in [2.75, 3.05) is 13.2 Å². The van der Waals surface area contributed by atoms with E-state index in [1.54, 1.807) is 0 Å². The second-order valence-corrected chi connectivity index (χ2v) is 7.04. The van der Waals surface area contributed by atoms with E-state index >= 15 is 0 Å². The second-order valence-electron chi connectivity index (χ2n) is 7.04. The highest BCUT2D eigenvalue weighted by Gasteiger charge is 2.40. The van der Waals surface area contributed by atoms with Gasteiger partial charge in [0, 0.05) is 24.7 Å². The number of rotatable bonds is 2. The van der Waals surface area contributed by atoms with Crippen LogP contribution >= 0.6 is 0 Å². The summed E-state index contributed by atoms with van der Waals surface area (Å²) in [6, 6.07) is 1.45. The molecule has 4 unspecified atom stereocenters. The summed E-state index contributed by atoms with van der Waals surface area (Å²) < 4.78 is 5.81. The Kier molecular flexibility index (Phi) is 4.35. The van der Waals surface area contributed by atoms with Gasteiger partial charge in [-0.15, -0.1) is 0 Å². The summed E-state index contributed by atoms with van der Waals surface area (Å²) in [6.45, 7) is 11.1. The molecule has 1 aliphatic heterocycles. The van der Waals surface area contributed by atoms with Crippen LogP contribution in [0.25, 0.3) is 0 Å². The van der Waals surface area contributed by atoms with E-state index in [1.807, 2.05) is 0 Å². The van der Waals surface area contributed by atoms with E-state index in [0.717, 1.165) is 19.6 Å². The first-order valence-corrected chi connectivity index (χ1v) is 7.56. The fourth-order valence-electron chi connectivity index (χ4n) is 3.56. The van der Waals surface area contributed by atoms with Gasteiger partial charge < -0.3 is 10.5 Å². The van der Waals surface area contributed by atoms with E-state index in [9.17, 15) is 0 Å². The molecule has 1 aliphatic carbocycles. The third kappa shape index (κ3) is 3.06. The van der Waals surface area contributed by atoms with Crippen LogP contribution in [-0.2, 0) is 4.74 Å². The third-order valence-corrected chi connectivity index (χ3v) is 4.82. The maximum absolute atomic E-state index is 6.41. The summed E-state index contributed by atoms with van der Waals surface area (Å²) in [7, 11) is 0. The van der Waals surface area contributed by atoms with Crippen LogP contribution in [0.1, 0.15) is 53.4 Å². The molecular formula is C15H30N2O. The van der Waals surface area contributed by atoms with Gasteiger partial charge in [0.25, 0.3) is 0 Å². The SMILES string of the molecule is CCC1COC(C)CN1C1CC(C)(C)CCC1N. The van der Waals surface area contributed by atoms with Gasteiger partial charge in [0.1, 0.15) is 0 Å². The van der Waals surface area contributed by atoms with E-state index in [4.69, 9.17) is 10.5 Å². The van der Waals surface area contributed by atoms with E-state index < -0.39 is 0 Å². The minimum atomic E-state index is 0.345. The Labute approximate surface area is 112 Å². The van der Waals surface area contributed by atoms with Gasteiger partial charge in [-0.25, -0.2) is 0 Å². The molecule has 0 aromatic heterocycles. The van der Waals surface area contributed by atoms with Gasteiger partial charge in [-0.2, -0.15) is 0 Å². The van der Waals surface area contributed by atoms with Crippen molar-refractivity contribution in [2.45, 2.75) is 77.6 Å². The first-order chi connectivity index (χ1) is 8.43. The van der Waals surface area contributed by atoms with Gasteiger partial charge in [-0.1, -0.05) is 20.8 Å². The van der Waals surface area contributed by atoms with Crippen molar-refractivity contribution < 1.29 is 4.74 Å². The van der Waals surface area contributed by atoms with E-state index in [1.165, 1.54) is 19.3 Å². The average Bonchev–Trinajstić information content (AvgIpc) is 2.32. The Morgan fingerprint density at radius 1 is 1.39 bits per heavy atom. The molecule has 0 aromatic carbocycles. The largest absolute Gasteiger partial charge is 0.376 e. The van der Waals surface area contributed by atoms with Crippen molar-refractivity contribution >= 4 is 0 Å². The standard InChI is InChI=1S/C15H30N2O/c1-5-12-10-18-11(2)9-17(12)14-8-15(3,4)7-6-13(14)16/h11-14H,5-10,16H2,1-4H3. The number of nitrogens with two attached hydrogens (primary N) is 1. The molecule has 2 N–H and O–H groups in total. The van der Waals surface area contributed by atoms with Gasteiger partial charge in [0.2, 0.25) is 0 Å². The summed E-state index contributed by atoms with van der Waals surface area (Å²) in [5.74, 6) is 0. The molecule has 4 atom stereocenters. The zero-order chi connectivity index (χ0) is 13.3. The average molecular weight is 254 g/mol. The minimum Gasteiger partial charge on any atom is -0.376 e. The molecule has 1 saturated heterocycles. The molecule has 106 valence electrons. The Morgan fingerprint density at radius 2 is 2.11 bits per heavy atom. The normalized spacial score (nSPS) is 41.8. The highest BCUT2D eigenvalue weighted by Crippen LogP contribution is 2.38. The Bertz CT molecular complexity index is 280. The van der Waals surface area contributed by atoms with Crippen molar-refractivity contribution in [3.05, 3.63) is 0 Å². The van der Waals surface area contributed by atoms with E-state index in [-0.39, 0.29) is 0 Å². The zero-order valence-corrected chi connectivity index (χ0v) is 12.5. The Hall–Kier alpha value is -0.120. The second kappa shape index (κ2) is 5.48. The lowest BCUT2D eigenvalue weighted by Gasteiger charge is -2.50. The molecule has 18 heavy (non-hydrogen) atoms. The fourth-order valence-corrected chi connectivity index (χ4v) is 3.56. The quantitative estimate of drug-likeness (QED) is 0.822. The van der Waals surface area contributed by atoms with E-state index in [2.05, 4.69) is 32.6 Å². The molecule has 0 aromatic rings. The molecular weight excluding hydrogens is 224 g/mol. The molecule has 0 amide bonds. The van der Waals surface area contributed by atoms with Crippen LogP contribution in [0.5, 0.6) is 0 Å². The van der Waals surface area contributed by atoms with Crippen molar-refractivity contribution in [3.63, 3.8) is 0 Å². The monoisotopic (exact) mass is 254 g/mol. The minimum absolute atomic E-state index is 0.345. The predicted molar refractivity (Wildman–Crippen MR) is 75.6 cm³/mol. The maximum atomic E-state index is 6.41. The lowest BCUT2D eigenvalue weighted by molar-refractivity contribution is -0.0879. The number of morpholine rings is 1. The molecule has 3 heteroatoms. The smallest absolute Gasteiger partial charge is 0.0674 e. The fraction of sp³-hybridized carbons (Fsp3) is 1.00. The van der Waals surface area contributed by atoms with Gasteiger partial charge in [-0.3, -0.25) is 4.90 Å². The summed E-state index contributed by atoms with van der Waals surface area (Å²) in [5, 5.41) is 0. The van der Waals surface area contributed by atoms with Crippen molar-refractivity contribution in [1.82, 2.24) is 4.90 Å². The third-order valence-electron chi connectivity index (χ3n) is 4.82. The van der Waals surface area contributed by atoms with Crippen LogP contribution in [-0.4, -0.2) is 42.3 Å². The van der Waals surface area contributed by atoms with Crippen molar-refractivity contribution in [2.24, 2.45) is 11.1 Å². The molecule has 0 spiro atoms. The van der Waals surface area contributed by atoms with Crippen LogP contribution in [0.15, 0.2) is 0 Å². The molecule has 2 rings (SSSR count). The summed E-state index contributed by atoms with van der Waals surface area (Å²) in [4.78, 5) is 2.65.